The molecule has 7 heteroatoms. The molecular formula is C14H24N4O3. The molecule has 1 unspecified atom stereocenters. The number of H-pyrrole nitrogens is 1. The zero-order valence-corrected chi connectivity index (χ0v) is 12.9. The molecule has 0 radical (unpaired) electrons. The largest absolute Gasteiger partial charge is 0.444 e. The zero-order valence-electron chi connectivity index (χ0n) is 12.9. The van der Waals surface area contributed by atoms with E-state index in [0.29, 0.717) is 18.5 Å². The second-order valence-corrected chi connectivity index (χ2v) is 6.16. The van der Waals surface area contributed by atoms with E-state index < -0.39 is 11.7 Å². The van der Waals surface area contributed by atoms with Crippen LogP contribution in [-0.2, 0) is 16.0 Å². The Morgan fingerprint density at radius 1 is 1.57 bits per heavy atom. The van der Waals surface area contributed by atoms with Crippen LogP contribution in [0.1, 0.15) is 39.2 Å². The summed E-state index contributed by atoms with van der Waals surface area (Å²) in [7, 11) is 0. The first-order valence-electron chi connectivity index (χ1n) is 7.28. The maximum atomic E-state index is 11.7. The SMILES string of the molecule is CC(C)(C)OC(=O)Nc1[nH]ncc1CNCC1CCCO1. The van der Waals surface area contributed by atoms with Crippen LogP contribution in [0.3, 0.4) is 0 Å². The summed E-state index contributed by atoms with van der Waals surface area (Å²) in [5.41, 5.74) is 0.362. The van der Waals surface area contributed by atoms with E-state index in [1.807, 2.05) is 20.8 Å². The maximum absolute atomic E-state index is 11.7. The molecule has 1 atom stereocenters. The van der Waals surface area contributed by atoms with E-state index in [4.69, 9.17) is 9.47 Å². The van der Waals surface area contributed by atoms with Gasteiger partial charge in [-0.1, -0.05) is 0 Å². The monoisotopic (exact) mass is 296 g/mol. The van der Waals surface area contributed by atoms with Gasteiger partial charge in [-0.2, -0.15) is 5.10 Å². The number of anilines is 1. The molecule has 1 aliphatic heterocycles. The fourth-order valence-electron chi connectivity index (χ4n) is 2.13. The van der Waals surface area contributed by atoms with Crippen molar-refractivity contribution in [3.63, 3.8) is 0 Å². The van der Waals surface area contributed by atoms with Crippen molar-refractivity contribution in [3.8, 4) is 0 Å². The van der Waals surface area contributed by atoms with Crippen molar-refractivity contribution in [2.45, 2.75) is 51.9 Å². The predicted molar refractivity (Wildman–Crippen MR) is 79.1 cm³/mol. The average Bonchev–Trinajstić information content (AvgIpc) is 2.99. The van der Waals surface area contributed by atoms with E-state index in [0.717, 1.165) is 31.6 Å². The van der Waals surface area contributed by atoms with Gasteiger partial charge in [-0.15, -0.1) is 0 Å². The smallest absolute Gasteiger partial charge is 0.413 e. The van der Waals surface area contributed by atoms with E-state index in [-0.39, 0.29) is 0 Å². The summed E-state index contributed by atoms with van der Waals surface area (Å²) in [6.07, 6.45) is 3.71. The Hall–Kier alpha value is -1.60. The van der Waals surface area contributed by atoms with Crippen molar-refractivity contribution in [1.29, 1.82) is 0 Å². The van der Waals surface area contributed by atoms with Gasteiger partial charge < -0.3 is 14.8 Å². The van der Waals surface area contributed by atoms with Crippen LogP contribution in [-0.4, -0.2) is 41.1 Å². The standard InChI is InChI=1S/C14H24N4O3/c1-14(2,3)21-13(19)17-12-10(8-16-18-12)7-15-9-11-5-4-6-20-11/h8,11,15H,4-7,9H2,1-3H3,(H2,16,17,18,19). The van der Waals surface area contributed by atoms with Gasteiger partial charge in [0.1, 0.15) is 11.4 Å². The number of carbonyl (C=O) groups is 1. The molecular weight excluding hydrogens is 272 g/mol. The lowest BCUT2D eigenvalue weighted by molar-refractivity contribution is 0.0635. The quantitative estimate of drug-likeness (QED) is 0.773. The average molecular weight is 296 g/mol. The van der Waals surface area contributed by atoms with Crippen LogP contribution in [0.2, 0.25) is 0 Å². The van der Waals surface area contributed by atoms with E-state index in [2.05, 4.69) is 20.8 Å². The lowest BCUT2D eigenvalue weighted by atomic mass is 10.2. The highest BCUT2D eigenvalue weighted by Gasteiger charge is 2.18. The Balaban J connectivity index is 1.79. The van der Waals surface area contributed by atoms with E-state index >= 15 is 0 Å². The summed E-state index contributed by atoms with van der Waals surface area (Å²) in [6, 6.07) is 0. The number of nitrogens with zero attached hydrogens (tertiary/aromatic N) is 1. The normalized spacial score (nSPS) is 18.7. The topological polar surface area (TPSA) is 88.3 Å². The second-order valence-electron chi connectivity index (χ2n) is 6.16. The minimum Gasteiger partial charge on any atom is -0.444 e. The predicted octanol–water partition coefficient (Wildman–Crippen LogP) is 2.03. The number of hydrogen-bond donors (Lipinski definition) is 3. The molecule has 21 heavy (non-hydrogen) atoms. The molecule has 1 aromatic heterocycles. The lowest BCUT2D eigenvalue weighted by Gasteiger charge is -2.19. The molecule has 1 saturated heterocycles. The van der Waals surface area contributed by atoms with E-state index in [1.165, 1.54) is 0 Å². The van der Waals surface area contributed by atoms with Gasteiger partial charge >= 0.3 is 6.09 Å². The molecule has 2 rings (SSSR count). The van der Waals surface area contributed by atoms with Crippen molar-refractivity contribution in [1.82, 2.24) is 15.5 Å². The molecule has 118 valence electrons. The lowest BCUT2D eigenvalue weighted by Crippen LogP contribution is -2.28. The fourth-order valence-corrected chi connectivity index (χ4v) is 2.13. The van der Waals surface area contributed by atoms with Crippen LogP contribution in [0.15, 0.2) is 6.20 Å². The molecule has 0 aromatic carbocycles. The van der Waals surface area contributed by atoms with Crippen LogP contribution >= 0.6 is 0 Å². The van der Waals surface area contributed by atoms with Gasteiger partial charge in [0.2, 0.25) is 0 Å². The molecule has 0 spiro atoms. The molecule has 1 fully saturated rings. The maximum Gasteiger partial charge on any atom is 0.413 e. The van der Waals surface area contributed by atoms with Crippen LogP contribution in [0, 0.1) is 0 Å². The highest BCUT2D eigenvalue weighted by atomic mass is 16.6. The summed E-state index contributed by atoms with van der Waals surface area (Å²) < 4.78 is 10.8. The van der Waals surface area contributed by atoms with Crippen molar-refractivity contribution in [2.24, 2.45) is 0 Å². The number of amides is 1. The number of hydrogen-bond acceptors (Lipinski definition) is 5. The summed E-state index contributed by atoms with van der Waals surface area (Å²) in [6.45, 7) is 7.73. The molecule has 1 aliphatic rings. The Kier molecular flexibility index (Phi) is 5.19. The Morgan fingerprint density at radius 2 is 2.38 bits per heavy atom. The third-order valence-corrected chi connectivity index (χ3v) is 3.06. The number of ether oxygens (including phenoxy) is 2. The van der Waals surface area contributed by atoms with Crippen LogP contribution in [0.25, 0.3) is 0 Å². The van der Waals surface area contributed by atoms with Crippen molar-refractivity contribution < 1.29 is 14.3 Å². The summed E-state index contributed by atoms with van der Waals surface area (Å²) in [5, 5.41) is 12.7. The summed E-state index contributed by atoms with van der Waals surface area (Å²) >= 11 is 0. The fraction of sp³-hybridized carbons (Fsp3) is 0.714. The van der Waals surface area contributed by atoms with Crippen LogP contribution in [0.4, 0.5) is 10.6 Å². The van der Waals surface area contributed by atoms with Gasteiger partial charge in [0.05, 0.1) is 12.3 Å². The molecule has 0 bridgehead atoms. The van der Waals surface area contributed by atoms with E-state index in [9.17, 15) is 4.79 Å². The Bertz CT molecular complexity index is 461. The zero-order chi connectivity index (χ0) is 15.3. The van der Waals surface area contributed by atoms with Crippen LogP contribution in [0.5, 0.6) is 0 Å². The summed E-state index contributed by atoms with van der Waals surface area (Å²) in [5.74, 6) is 0.559. The number of aromatic nitrogens is 2. The number of aromatic amines is 1. The number of carbonyl (C=O) groups excluding carboxylic acids is 1. The van der Waals surface area contributed by atoms with Crippen molar-refractivity contribution in [2.75, 3.05) is 18.5 Å². The van der Waals surface area contributed by atoms with Crippen molar-refractivity contribution in [3.05, 3.63) is 11.8 Å². The number of rotatable bonds is 5. The van der Waals surface area contributed by atoms with E-state index in [1.54, 1.807) is 6.20 Å². The van der Waals surface area contributed by atoms with Gasteiger partial charge in [-0.05, 0) is 33.6 Å². The first-order chi connectivity index (χ1) is 9.94. The van der Waals surface area contributed by atoms with Gasteiger partial charge in [0.25, 0.3) is 0 Å². The van der Waals surface area contributed by atoms with Gasteiger partial charge in [-0.3, -0.25) is 10.4 Å². The van der Waals surface area contributed by atoms with Gasteiger partial charge in [-0.25, -0.2) is 4.79 Å². The number of nitrogens with one attached hydrogen (secondary N) is 3. The molecule has 3 N–H and O–H groups in total. The molecule has 1 aromatic rings. The molecule has 1 amide bonds. The Morgan fingerprint density at radius 3 is 3.05 bits per heavy atom. The minimum absolute atomic E-state index is 0.291. The third-order valence-electron chi connectivity index (χ3n) is 3.06. The third kappa shape index (κ3) is 5.35. The molecule has 7 nitrogen and oxygen atoms in total. The molecule has 0 aliphatic carbocycles. The minimum atomic E-state index is -0.525. The first-order valence-corrected chi connectivity index (χ1v) is 7.28. The van der Waals surface area contributed by atoms with Gasteiger partial charge in [0, 0.05) is 25.3 Å². The first kappa shape index (κ1) is 15.8. The van der Waals surface area contributed by atoms with Gasteiger partial charge in [0.15, 0.2) is 0 Å². The molecule has 0 saturated carbocycles. The highest BCUT2D eigenvalue weighted by Crippen LogP contribution is 2.15. The highest BCUT2D eigenvalue weighted by molar-refractivity contribution is 5.84. The van der Waals surface area contributed by atoms with Crippen LogP contribution < -0.4 is 10.6 Å². The van der Waals surface area contributed by atoms with Crippen molar-refractivity contribution >= 4 is 11.9 Å². The molecule has 2 heterocycles. The Labute approximate surface area is 124 Å². The summed E-state index contributed by atoms with van der Waals surface area (Å²) in [4.78, 5) is 11.7. The second kappa shape index (κ2) is 6.91.